The van der Waals surface area contributed by atoms with E-state index in [4.69, 9.17) is 21.4 Å². The third-order valence-corrected chi connectivity index (χ3v) is 6.56. The summed E-state index contributed by atoms with van der Waals surface area (Å²) in [5, 5.41) is 4.68. The molecule has 0 saturated heterocycles. The maximum atomic E-state index is 6.53. The molecule has 162 valence electrons. The van der Waals surface area contributed by atoms with Gasteiger partial charge in [-0.05, 0) is 54.7 Å². The molecule has 1 aliphatic carbocycles. The van der Waals surface area contributed by atoms with Crippen LogP contribution in [0.5, 0.6) is 0 Å². The number of anilines is 1. The quantitative estimate of drug-likeness (QED) is 0.388. The fraction of sp³-hybridized carbons (Fsp3) is 0.148. The van der Waals surface area contributed by atoms with Crippen molar-refractivity contribution in [1.82, 2.24) is 19.6 Å². The number of hydrogen-bond donors (Lipinski definition) is 2. The van der Waals surface area contributed by atoms with Crippen molar-refractivity contribution in [3.05, 3.63) is 90.6 Å². The van der Waals surface area contributed by atoms with Gasteiger partial charge in [-0.2, -0.15) is 4.98 Å². The van der Waals surface area contributed by atoms with E-state index in [-0.39, 0.29) is 5.54 Å². The molecule has 0 aliphatic heterocycles. The van der Waals surface area contributed by atoms with Crippen LogP contribution in [0.3, 0.4) is 0 Å². The van der Waals surface area contributed by atoms with E-state index in [1.807, 2.05) is 48.7 Å². The van der Waals surface area contributed by atoms with Crippen molar-refractivity contribution >= 4 is 11.5 Å². The van der Waals surface area contributed by atoms with Crippen LogP contribution in [0.15, 0.2) is 85.1 Å². The van der Waals surface area contributed by atoms with Crippen molar-refractivity contribution in [2.24, 2.45) is 5.73 Å². The predicted molar refractivity (Wildman–Crippen MR) is 131 cm³/mol. The zero-order valence-electron chi connectivity index (χ0n) is 18.1. The Labute approximate surface area is 191 Å². The smallest absolute Gasteiger partial charge is 0.253 e. The minimum Gasteiger partial charge on any atom is -0.399 e. The van der Waals surface area contributed by atoms with Crippen LogP contribution >= 0.6 is 0 Å². The van der Waals surface area contributed by atoms with Gasteiger partial charge in [0, 0.05) is 34.1 Å². The number of hydrogen-bond acceptors (Lipinski definition) is 5. The van der Waals surface area contributed by atoms with Crippen molar-refractivity contribution in [2.75, 3.05) is 5.73 Å². The lowest BCUT2D eigenvalue weighted by Crippen LogP contribution is -2.43. The van der Waals surface area contributed by atoms with Gasteiger partial charge in [0.05, 0.1) is 5.69 Å². The Morgan fingerprint density at radius 3 is 2.12 bits per heavy atom. The highest BCUT2D eigenvalue weighted by Gasteiger charge is 2.34. The molecular formula is C27H24N6. The molecule has 5 aromatic rings. The lowest BCUT2D eigenvalue weighted by Gasteiger charge is -2.38. The molecule has 4 N–H and O–H groups in total. The van der Waals surface area contributed by atoms with E-state index in [9.17, 15) is 0 Å². The molecule has 1 fully saturated rings. The SMILES string of the molecule is Nc1ccc(-c2nc3nc(-c4ccc(C5(N)CCC5)cc4)c(-c4ccccc4)cn3n2)cc1. The number of aromatic nitrogens is 4. The van der Waals surface area contributed by atoms with Crippen molar-refractivity contribution < 1.29 is 0 Å². The summed E-state index contributed by atoms with van der Waals surface area (Å²) in [6, 6.07) is 26.3. The van der Waals surface area contributed by atoms with E-state index in [2.05, 4.69) is 41.5 Å². The van der Waals surface area contributed by atoms with Crippen molar-refractivity contribution in [1.29, 1.82) is 0 Å². The van der Waals surface area contributed by atoms with Crippen molar-refractivity contribution in [3.63, 3.8) is 0 Å². The maximum absolute atomic E-state index is 6.53. The topological polar surface area (TPSA) is 95.1 Å². The van der Waals surface area contributed by atoms with Gasteiger partial charge in [-0.1, -0.05) is 54.6 Å². The van der Waals surface area contributed by atoms with E-state index in [1.165, 1.54) is 12.0 Å². The summed E-state index contributed by atoms with van der Waals surface area (Å²) in [6.45, 7) is 0. The van der Waals surface area contributed by atoms with Crippen LogP contribution < -0.4 is 11.5 Å². The first-order chi connectivity index (χ1) is 16.1. The van der Waals surface area contributed by atoms with Gasteiger partial charge in [-0.25, -0.2) is 9.50 Å². The molecule has 2 aromatic heterocycles. The molecule has 1 aliphatic rings. The van der Waals surface area contributed by atoms with E-state index in [0.717, 1.165) is 40.8 Å². The van der Waals surface area contributed by atoms with Gasteiger partial charge in [0.1, 0.15) is 0 Å². The van der Waals surface area contributed by atoms with Gasteiger partial charge < -0.3 is 11.5 Å². The van der Waals surface area contributed by atoms with Crippen LogP contribution in [0.25, 0.3) is 39.5 Å². The monoisotopic (exact) mass is 432 g/mol. The third-order valence-electron chi connectivity index (χ3n) is 6.56. The maximum Gasteiger partial charge on any atom is 0.253 e. The molecule has 0 bridgehead atoms. The van der Waals surface area contributed by atoms with E-state index >= 15 is 0 Å². The first-order valence-electron chi connectivity index (χ1n) is 11.2. The average Bonchev–Trinajstić information content (AvgIpc) is 3.26. The summed E-state index contributed by atoms with van der Waals surface area (Å²) < 4.78 is 1.75. The standard InChI is InChI=1S/C27H24N6/c28-22-13-9-20(10-14-22)25-31-26-30-24(19-7-11-21(12-8-19)27(29)15-4-16-27)23(17-33(26)32-25)18-5-2-1-3-6-18/h1-3,5-14,17H,4,15-16,28-29H2. The molecule has 6 rings (SSSR count). The Bertz CT molecular complexity index is 1430. The molecule has 1 saturated carbocycles. The Kier molecular flexibility index (Phi) is 4.48. The molecule has 0 atom stereocenters. The predicted octanol–water partition coefficient (Wildman–Crippen LogP) is 5.05. The number of fused-ring (bicyclic) bond motifs is 1. The molecule has 33 heavy (non-hydrogen) atoms. The van der Waals surface area contributed by atoms with E-state index in [1.54, 1.807) is 4.52 Å². The number of nitrogen functional groups attached to an aromatic ring is 1. The molecule has 0 unspecified atom stereocenters. The second-order valence-corrected chi connectivity index (χ2v) is 8.76. The highest BCUT2D eigenvalue weighted by molar-refractivity contribution is 5.81. The zero-order chi connectivity index (χ0) is 22.4. The number of nitrogens with two attached hydrogens (primary N) is 2. The second-order valence-electron chi connectivity index (χ2n) is 8.76. The number of benzene rings is 3. The van der Waals surface area contributed by atoms with Crippen LogP contribution in [-0.4, -0.2) is 19.6 Å². The zero-order valence-corrected chi connectivity index (χ0v) is 18.1. The van der Waals surface area contributed by atoms with Crippen LogP contribution in [0.4, 0.5) is 5.69 Å². The van der Waals surface area contributed by atoms with Crippen molar-refractivity contribution in [3.8, 4) is 33.8 Å². The summed E-state index contributed by atoms with van der Waals surface area (Å²) in [7, 11) is 0. The number of rotatable bonds is 4. The molecule has 6 nitrogen and oxygen atoms in total. The summed E-state index contributed by atoms with van der Waals surface area (Å²) >= 11 is 0. The van der Waals surface area contributed by atoms with Crippen LogP contribution in [-0.2, 0) is 5.54 Å². The van der Waals surface area contributed by atoms with Crippen LogP contribution in [0, 0.1) is 0 Å². The van der Waals surface area contributed by atoms with Gasteiger partial charge in [-0.3, -0.25) is 0 Å². The van der Waals surface area contributed by atoms with Gasteiger partial charge in [0.2, 0.25) is 0 Å². The normalized spacial score (nSPS) is 14.8. The summed E-state index contributed by atoms with van der Waals surface area (Å²) in [6.07, 6.45) is 5.28. The highest BCUT2D eigenvalue weighted by Crippen LogP contribution is 2.39. The van der Waals surface area contributed by atoms with Gasteiger partial charge in [-0.15, -0.1) is 5.10 Å². The summed E-state index contributed by atoms with van der Waals surface area (Å²) in [5.41, 5.74) is 18.9. The third kappa shape index (κ3) is 3.45. The molecule has 3 aromatic carbocycles. The Balaban J connectivity index is 1.49. The Hall–Kier alpha value is -4.03. The minimum absolute atomic E-state index is 0.181. The molecule has 6 heteroatoms. The molecule has 0 amide bonds. The largest absolute Gasteiger partial charge is 0.399 e. The summed E-state index contributed by atoms with van der Waals surface area (Å²) in [5.74, 6) is 1.17. The van der Waals surface area contributed by atoms with E-state index < -0.39 is 0 Å². The summed E-state index contributed by atoms with van der Waals surface area (Å²) in [4.78, 5) is 9.64. The van der Waals surface area contributed by atoms with Crippen molar-refractivity contribution in [2.45, 2.75) is 24.8 Å². The van der Waals surface area contributed by atoms with E-state index in [0.29, 0.717) is 17.3 Å². The van der Waals surface area contributed by atoms with Gasteiger partial charge in [0.25, 0.3) is 5.78 Å². The van der Waals surface area contributed by atoms with Gasteiger partial charge in [0.15, 0.2) is 5.82 Å². The van der Waals surface area contributed by atoms with Crippen LogP contribution in [0.2, 0.25) is 0 Å². The highest BCUT2D eigenvalue weighted by atomic mass is 15.3. The first-order valence-corrected chi connectivity index (χ1v) is 11.2. The minimum atomic E-state index is -0.181. The molecule has 2 heterocycles. The number of nitrogens with zero attached hydrogens (tertiary/aromatic N) is 4. The first kappa shape index (κ1) is 19.6. The lowest BCUT2D eigenvalue weighted by atomic mass is 9.72. The second kappa shape index (κ2) is 7.53. The van der Waals surface area contributed by atoms with Gasteiger partial charge >= 0.3 is 0 Å². The molecular weight excluding hydrogens is 408 g/mol. The Morgan fingerprint density at radius 2 is 1.45 bits per heavy atom. The Morgan fingerprint density at radius 1 is 0.758 bits per heavy atom. The van der Waals surface area contributed by atoms with Crippen LogP contribution in [0.1, 0.15) is 24.8 Å². The molecule has 0 spiro atoms. The average molecular weight is 433 g/mol. The fourth-order valence-electron chi connectivity index (χ4n) is 4.43. The fourth-order valence-corrected chi connectivity index (χ4v) is 4.43. The lowest BCUT2D eigenvalue weighted by molar-refractivity contribution is 0.253. The molecule has 0 radical (unpaired) electrons.